The maximum atomic E-state index is 12.0. The minimum atomic E-state index is -1.60. The molecule has 0 aromatic rings. The first-order valence-electron chi connectivity index (χ1n) is 8.83. The normalized spacial score (nSPS) is 47.0. The average molecular weight is 390 g/mol. The maximum Gasteiger partial charge on any atom is 0.337 e. The Hall–Kier alpha value is -1.27. The standard InChI is InChI=1S/C17H26O10/c1-17(23)4-3-7-8(14(22)24-2)6-25-15(10(7)17)27-16-13(21)12(20)11(19)9(5-18)26-16/h6-7,9-13,15-16,18-21,23H,3-5H2,1-2H3/t7-,9-,10-,11-,12-,13-,15+,16+,17+/m1/s1. The quantitative estimate of drug-likeness (QED) is 0.340. The first kappa shape index (κ1) is 20.5. The van der Waals surface area contributed by atoms with Crippen molar-refractivity contribution in [2.75, 3.05) is 13.7 Å². The third-order valence-electron chi connectivity index (χ3n) is 5.67. The van der Waals surface area contributed by atoms with E-state index in [9.17, 15) is 30.3 Å². The van der Waals surface area contributed by atoms with Crippen molar-refractivity contribution < 1.29 is 49.3 Å². The van der Waals surface area contributed by atoms with Crippen LogP contribution in [0.3, 0.4) is 0 Å². The highest BCUT2D eigenvalue weighted by Gasteiger charge is 2.56. The number of aliphatic hydroxyl groups excluding tert-OH is 4. The molecule has 9 atom stereocenters. The van der Waals surface area contributed by atoms with Gasteiger partial charge in [-0.05, 0) is 19.8 Å². The van der Waals surface area contributed by atoms with Crippen LogP contribution in [0.25, 0.3) is 0 Å². The Morgan fingerprint density at radius 1 is 1.26 bits per heavy atom. The minimum absolute atomic E-state index is 0.286. The number of esters is 1. The van der Waals surface area contributed by atoms with Crippen LogP contribution in [0.2, 0.25) is 0 Å². The lowest BCUT2D eigenvalue weighted by Crippen LogP contribution is -2.60. The lowest BCUT2D eigenvalue weighted by molar-refractivity contribution is -0.346. The molecule has 0 spiro atoms. The summed E-state index contributed by atoms with van der Waals surface area (Å²) >= 11 is 0. The lowest BCUT2D eigenvalue weighted by atomic mass is 9.81. The lowest BCUT2D eigenvalue weighted by Gasteiger charge is -2.44. The van der Waals surface area contributed by atoms with Gasteiger partial charge in [-0.25, -0.2) is 4.79 Å². The van der Waals surface area contributed by atoms with E-state index in [0.29, 0.717) is 12.8 Å². The fraction of sp³-hybridized carbons (Fsp3) is 0.824. The molecule has 2 aliphatic heterocycles. The molecule has 1 aliphatic carbocycles. The van der Waals surface area contributed by atoms with Gasteiger partial charge in [0.05, 0.1) is 37.1 Å². The van der Waals surface area contributed by atoms with Crippen LogP contribution in [0.1, 0.15) is 19.8 Å². The van der Waals surface area contributed by atoms with Gasteiger partial charge in [0, 0.05) is 5.92 Å². The Balaban J connectivity index is 1.82. The van der Waals surface area contributed by atoms with E-state index in [-0.39, 0.29) is 11.5 Å². The van der Waals surface area contributed by atoms with E-state index in [1.165, 1.54) is 13.4 Å². The minimum Gasteiger partial charge on any atom is -0.471 e. The summed E-state index contributed by atoms with van der Waals surface area (Å²) in [7, 11) is 1.25. The number of hydrogen-bond donors (Lipinski definition) is 5. The first-order valence-corrected chi connectivity index (χ1v) is 8.83. The van der Waals surface area contributed by atoms with Crippen LogP contribution in [0.5, 0.6) is 0 Å². The van der Waals surface area contributed by atoms with Crippen molar-refractivity contribution in [3.8, 4) is 0 Å². The summed E-state index contributed by atoms with van der Waals surface area (Å²) < 4.78 is 21.3. The van der Waals surface area contributed by atoms with Gasteiger partial charge in [-0.1, -0.05) is 0 Å². The van der Waals surface area contributed by atoms with Gasteiger partial charge in [0.15, 0.2) is 6.29 Å². The summed E-state index contributed by atoms with van der Waals surface area (Å²) in [6.07, 6.45) is -6.19. The van der Waals surface area contributed by atoms with Crippen LogP contribution < -0.4 is 0 Å². The van der Waals surface area contributed by atoms with Crippen molar-refractivity contribution in [1.82, 2.24) is 0 Å². The van der Waals surface area contributed by atoms with E-state index in [2.05, 4.69) is 0 Å². The zero-order valence-corrected chi connectivity index (χ0v) is 15.1. The molecule has 2 heterocycles. The summed E-state index contributed by atoms with van der Waals surface area (Å²) in [6.45, 7) is 1.01. The van der Waals surface area contributed by atoms with Crippen molar-refractivity contribution in [1.29, 1.82) is 0 Å². The molecule has 2 fully saturated rings. The SMILES string of the molecule is COC(=O)C1=CO[C@@H](O[C@@H]2O[C@H](CO)[C@@H](O)[C@@H](O)[C@H]2O)[C@H]2[C@@H]1CC[C@]2(C)O. The van der Waals surface area contributed by atoms with Gasteiger partial charge in [0.25, 0.3) is 0 Å². The Kier molecular flexibility index (Phi) is 5.78. The second-order valence-electron chi connectivity index (χ2n) is 7.43. The molecular weight excluding hydrogens is 364 g/mol. The Morgan fingerprint density at radius 2 is 1.96 bits per heavy atom. The zero-order chi connectivity index (χ0) is 19.9. The molecule has 0 bridgehead atoms. The number of fused-ring (bicyclic) bond motifs is 1. The van der Waals surface area contributed by atoms with Gasteiger partial charge < -0.3 is 44.5 Å². The average Bonchev–Trinajstić information content (AvgIpc) is 2.97. The highest BCUT2D eigenvalue weighted by Crippen LogP contribution is 2.49. The fourth-order valence-corrected chi connectivity index (χ4v) is 4.12. The van der Waals surface area contributed by atoms with Crippen LogP contribution in [0.4, 0.5) is 0 Å². The van der Waals surface area contributed by atoms with E-state index >= 15 is 0 Å². The number of carbonyl (C=O) groups is 1. The van der Waals surface area contributed by atoms with Gasteiger partial charge in [-0.15, -0.1) is 0 Å². The summed E-state index contributed by atoms with van der Waals surface area (Å²) in [5, 5.41) is 49.9. The molecule has 27 heavy (non-hydrogen) atoms. The van der Waals surface area contributed by atoms with Gasteiger partial charge in [0.1, 0.15) is 24.4 Å². The van der Waals surface area contributed by atoms with E-state index < -0.39 is 61.1 Å². The summed E-state index contributed by atoms with van der Waals surface area (Å²) in [5.41, 5.74) is -0.925. The summed E-state index contributed by atoms with van der Waals surface area (Å²) in [5.74, 6) is -1.59. The predicted octanol–water partition coefficient (Wildman–Crippen LogP) is -2.01. The molecular formula is C17H26O10. The molecule has 0 aromatic heterocycles. The monoisotopic (exact) mass is 390 g/mol. The molecule has 154 valence electrons. The van der Waals surface area contributed by atoms with Crippen LogP contribution in [0.15, 0.2) is 11.8 Å². The Morgan fingerprint density at radius 3 is 2.59 bits per heavy atom. The zero-order valence-electron chi connectivity index (χ0n) is 15.1. The highest BCUT2D eigenvalue weighted by molar-refractivity contribution is 5.89. The predicted molar refractivity (Wildman–Crippen MR) is 86.7 cm³/mol. The first-order chi connectivity index (χ1) is 12.7. The molecule has 1 saturated heterocycles. The third kappa shape index (κ3) is 3.58. The largest absolute Gasteiger partial charge is 0.471 e. The van der Waals surface area contributed by atoms with Crippen LogP contribution >= 0.6 is 0 Å². The van der Waals surface area contributed by atoms with Crippen molar-refractivity contribution in [3.63, 3.8) is 0 Å². The van der Waals surface area contributed by atoms with Crippen LogP contribution in [0, 0.1) is 11.8 Å². The van der Waals surface area contributed by atoms with Gasteiger partial charge in [-0.2, -0.15) is 0 Å². The maximum absolute atomic E-state index is 12.0. The van der Waals surface area contributed by atoms with E-state index in [4.69, 9.17) is 18.9 Å². The van der Waals surface area contributed by atoms with Crippen molar-refractivity contribution in [3.05, 3.63) is 11.8 Å². The molecule has 10 heteroatoms. The fourth-order valence-electron chi connectivity index (χ4n) is 4.12. The molecule has 3 rings (SSSR count). The molecule has 1 saturated carbocycles. The number of methoxy groups -OCH3 is 1. The van der Waals surface area contributed by atoms with Crippen LogP contribution in [-0.4, -0.2) is 87.8 Å². The molecule has 0 amide bonds. The van der Waals surface area contributed by atoms with E-state index in [0.717, 1.165) is 0 Å². The molecule has 0 aromatic carbocycles. The third-order valence-corrected chi connectivity index (χ3v) is 5.67. The summed E-state index contributed by atoms with van der Waals surface area (Å²) in [4.78, 5) is 12.0. The van der Waals surface area contributed by atoms with E-state index in [1.807, 2.05) is 0 Å². The van der Waals surface area contributed by atoms with Gasteiger partial charge in [-0.3, -0.25) is 0 Å². The molecule has 0 unspecified atom stereocenters. The number of hydrogen-bond acceptors (Lipinski definition) is 10. The molecule has 5 N–H and O–H groups in total. The molecule has 0 radical (unpaired) electrons. The van der Waals surface area contributed by atoms with Crippen molar-refractivity contribution >= 4 is 5.97 Å². The number of ether oxygens (including phenoxy) is 4. The Labute approximate surface area is 155 Å². The topological polar surface area (TPSA) is 155 Å². The summed E-state index contributed by atoms with van der Waals surface area (Å²) in [6, 6.07) is 0. The van der Waals surface area contributed by atoms with E-state index in [1.54, 1.807) is 6.92 Å². The van der Waals surface area contributed by atoms with Crippen molar-refractivity contribution in [2.45, 2.75) is 62.4 Å². The van der Waals surface area contributed by atoms with Gasteiger partial charge in [0.2, 0.25) is 6.29 Å². The van der Waals surface area contributed by atoms with Crippen molar-refractivity contribution in [2.24, 2.45) is 11.8 Å². The Bertz CT molecular complexity index is 588. The highest BCUT2D eigenvalue weighted by atomic mass is 16.8. The second kappa shape index (κ2) is 7.63. The second-order valence-corrected chi connectivity index (χ2v) is 7.43. The van der Waals surface area contributed by atoms with Gasteiger partial charge >= 0.3 is 5.97 Å². The molecule has 3 aliphatic rings. The van der Waals surface area contributed by atoms with Crippen LogP contribution in [-0.2, 0) is 23.7 Å². The smallest absolute Gasteiger partial charge is 0.337 e. The number of carbonyl (C=O) groups excluding carboxylic acids is 1. The number of rotatable bonds is 4. The number of aliphatic hydroxyl groups is 5. The molecule has 10 nitrogen and oxygen atoms in total.